The third-order valence-corrected chi connectivity index (χ3v) is 2.95. The normalized spacial score (nSPS) is 32.1. The molecule has 2 rings (SSSR count). The third kappa shape index (κ3) is 1.48. The fraction of sp³-hybridized carbons (Fsp3) is 0.545. The summed E-state index contributed by atoms with van der Waals surface area (Å²) in [5, 5.41) is 14.5. The second kappa shape index (κ2) is 3.24. The fourth-order valence-electron chi connectivity index (χ4n) is 1.96. The Morgan fingerprint density at radius 3 is 2.93 bits per heavy atom. The van der Waals surface area contributed by atoms with Crippen LogP contribution in [0.5, 0.6) is 0 Å². The van der Waals surface area contributed by atoms with Crippen LogP contribution in [0.1, 0.15) is 25.5 Å². The number of hydrogen-bond acceptors (Lipinski definition) is 2. The molecule has 1 aromatic rings. The molecule has 1 aliphatic rings. The highest BCUT2D eigenvalue weighted by atomic mass is 16.3. The maximum Gasteiger partial charge on any atom is 0.124 e. The molecule has 14 heavy (non-hydrogen) atoms. The molecule has 0 amide bonds. The summed E-state index contributed by atoms with van der Waals surface area (Å²) in [5.41, 5.74) is 0.0678. The molecule has 3 heteroatoms. The van der Waals surface area contributed by atoms with Crippen LogP contribution in [0.15, 0.2) is 24.4 Å². The van der Waals surface area contributed by atoms with E-state index in [1.165, 1.54) is 0 Å². The predicted octanol–water partition coefficient (Wildman–Crippen LogP) is 1.59. The number of allylic oxidation sites excluding steroid dienone is 1. The second-order valence-electron chi connectivity index (χ2n) is 4.14. The van der Waals surface area contributed by atoms with Gasteiger partial charge in [0, 0.05) is 13.2 Å². The summed E-state index contributed by atoms with van der Waals surface area (Å²) in [6.07, 6.45) is 7.51. The Morgan fingerprint density at radius 1 is 1.64 bits per heavy atom. The first-order valence-corrected chi connectivity index (χ1v) is 5.02. The molecule has 0 aromatic carbocycles. The standard InChI is InChI=1S/C11H16N2O/c1-9-3-6-11(14,7-4-9)10-5-8-12-13(10)2/h3,5-6,8-9,14H,4,7H2,1-2H3. The van der Waals surface area contributed by atoms with Gasteiger partial charge in [-0.05, 0) is 24.8 Å². The Hall–Kier alpha value is -1.09. The van der Waals surface area contributed by atoms with Crippen molar-refractivity contribution in [3.8, 4) is 0 Å². The molecule has 76 valence electrons. The fourth-order valence-corrected chi connectivity index (χ4v) is 1.96. The lowest BCUT2D eigenvalue weighted by atomic mass is 9.84. The minimum absolute atomic E-state index is 0.573. The zero-order valence-corrected chi connectivity index (χ0v) is 8.64. The average molecular weight is 192 g/mol. The van der Waals surface area contributed by atoms with Gasteiger partial charge in [-0.15, -0.1) is 0 Å². The SMILES string of the molecule is CC1C=CC(O)(c2ccnn2C)CC1. The molecule has 0 spiro atoms. The highest BCUT2D eigenvalue weighted by Gasteiger charge is 2.31. The molecule has 0 saturated heterocycles. The van der Waals surface area contributed by atoms with Crippen molar-refractivity contribution in [2.45, 2.75) is 25.4 Å². The van der Waals surface area contributed by atoms with Gasteiger partial charge in [-0.3, -0.25) is 4.68 Å². The van der Waals surface area contributed by atoms with Crippen molar-refractivity contribution in [2.24, 2.45) is 13.0 Å². The van der Waals surface area contributed by atoms with Gasteiger partial charge in [0.15, 0.2) is 0 Å². The van der Waals surface area contributed by atoms with Gasteiger partial charge in [0.05, 0.1) is 5.69 Å². The summed E-state index contributed by atoms with van der Waals surface area (Å²) in [7, 11) is 1.86. The lowest BCUT2D eigenvalue weighted by Gasteiger charge is -2.29. The van der Waals surface area contributed by atoms with E-state index in [0.717, 1.165) is 18.5 Å². The van der Waals surface area contributed by atoms with E-state index in [0.29, 0.717) is 5.92 Å². The molecule has 0 radical (unpaired) electrons. The Bertz CT molecular complexity index is 356. The van der Waals surface area contributed by atoms with E-state index < -0.39 is 5.60 Å². The molecular weight excluding hydrogens is 176 g/mol. The summed E-state index contributed by atoms with van der Waals surface area (Å²) in [6.45, 7) is 2.17. The quantitative estimate of drug-likeness (QED) is 0.686. The maximum absolute atomic E-state index is 10.4. The molecule has 2 atom stereocenters. The molecule has 1 aromatic heterocycles. The first-order chi connectivity index (χ1) is 6.62. The van der Waals surface area contributed by atoms with E-state index in [9.17, 15) is 5.11 Å². The van der Waals surface area contributed by atoms with Gasteiger partial charge in [0.25, 0.3) is 0 Å². The van der Waals surface area contributed by atoms with Crippen LogP contribution in [0.25, 0.3) is 0 Å². The molecule has 1 aliphatic carbocycles. The number of nitrogens with zero attached hydrogens (tertiary/aromatic N) is 2. The highest BCUT2D eigenvalue weighted by molar-refractivity contribution is 5.21. The largest absolute Gasteiger partial charge is 0.379 e. The summed E-state index contributed by atoms with van der Waals surface area (Å²) >= 11 is 0. The smallest absolute Gasteiger partial charge is 0.124 e. The van der Waals surface area contributed by atoms with Gasteiger partial charge in [-0.2, -0.15) is 5.10 Å². The zero-order valence-electron chi connectivity index (χ0n) is 8.64. The Balaban J connectivity index is 2.34. The van der Waals surface area contributed by atoms with Gasteiger partial charge >= 0.3 is 0 Å². The lowest BCUT2D eigenvalue weighted by Crippen LogP contribution is -2.29. The van der Waals surface area contributed by atoms with Crippen molar-refractivity contribution in [1.82, 2.24) is 9.78 Å². The summed E-state index contributed by atoms with van der Waals surface area (Å²) in [6, 6.07) is 1.88. The molecular formula is C11H16N2O. The average Bonchev–Trinajstić information content (AvgIpc) is 2.58. The number of aliphatic hydroxyl groups is 1. The third-order valence-electron chi connectivity index (χ3n) is 2.95. The van der Waals surface area contributed by atoms with E-state index in [2.05, 4.69) is 18.1 Å². The van der Waals surface area contributed by atoms with Crippen molar-refractivity contribution in [3.05, 3.63) is 30.1 Å². The first-order valence-electron chi connectivity index (χ1n) is 5.02. The molecule has 1 N–H and O–H groups in total. The van der Waals surface area contributed by atoms with Crippen LogP contribution in [-0.2, 0) is 12.6 Å². The van der Waals surface area contributed by atoms with E-state index in [4.69, 9.17) is 0 Å². The molecule has 0 fully saturated rings. The van der Waals surface area contributed by atoms with Crippen LogP contribution in [0.4, 0.5) is 0 Å². The van der Waals surface area contributed by atoms with E-state index in [1.807, 2.05) is 19.2 Å². The number of hydrogen-bond donors (Lipinski definition) is 1. The summed E-state index contributed by atoms with van der Waals surface area (Å²) in [5.74, 6) is 0.573. The van der Waals surface area contributed by atoms with Crippen molar-refractivity contribution < 1.29 is 5.11 Å². The van der Waals surface area contributed by atoms with Crippen LogP contribution in [0.2, 0.25) is 0 Å². The molecule has 0 aliphatic heterocycles. The minimum atomic E-state index is -0.808. The molecule has 1 heterocycles. The molecule has 0 bridgehead atoms. The van der Waals surface area contributed by atoms with Crippen molar-refractivity contribution in [2.75, 3.05) is 0 Å². The zero-order chi connectivity index (χ0) is 10.2. The van der Waals surface area contributed by atoms with Crippen molar-refractivity contribution >= 4 is 0 Å². The summed E-state index contributed by atoms with van der Waals surface area (Å²) < 4.78 is 1.74. The van der Waals surface area contributed by atoms with Gasteiger partial charge in [0.2, 0.25) is 0 Å². The Kier molecular flexibility index (Phi) is 2.19. The van der Waals surface area contributed by atoms with Crippen molar-refractivity contribution in [1.29, 1.82) is 0 Å². The van der Waals surface area contributed by atoms with Gasteiger partial charge < -0.3 is 5.11 Å². The van der Waals surface area contributed by atoms with E-state index >= 15 is 0 Å². The monoisotopic (exact) mass is 192 g/mol. The van der Waals surface area contributed by atoms with Crippen LogP contribution in [0.3, 0.4) is 0 Å². The topological polar surface area (TPSA) is 38.1 Å². The van der Waals surface area contributed by atoms with Gasteiger partial charge in [-0.1, -0.05) is 19.1 Å². The maximum atomic E-state index is 10.4. The molecule has 0 saturated carbocycles. The van der Waals surface area contributed by atoms with Crippen LogP contribution in [-0.4, -0.2) is 14.9 Å². The van der Waals surface area contributed by atoms with E-state index in [1.54, 1.807) is 10.9 Å². The Morgan fingerprint density at radius 2 is 2.43 bits per heavy atom. The number of aryl methyl sites for hydroxylation is 1. The summed E-state index contributed by atoms with van der Waals surface area (Å²) in [4.78, 5) is 0. The highest BCUT2D eigenvalue weighted by Crippen LogP contribution is 2.33. The van der Waals surface area contributed by atoms with Crippen LogP contribution >= 0.6 is 0 Å². The predicted molar refractivity (Wildman–Crippen MR) is 54.6 cm³/mol. The molecule has 3 nitrogen and oxygen atoms in total. The van der Waals surface area contributed by atoms with Crippen molar-refractivity contribution in [3.63, 3.8) is 0 Å². The number of aromatic nitrogens is 2. The van der Waals surface area contributed by atoms with Crippen LogP contribution < -0.4 is 0 Å². The van der Waals surface area contributed by atoms with Gasteiger partial charge in [-0.25, -0.2) is 0 Å². The Labute approximate surface area is 84.1 Å². The van der Waals surface area contributed by atoms with Crippen LogP contribution in [0, 0.1) is 5.92 Å². The lowest BCUT2D eigenvalue weighted by molar-refractivity contribution is 0.0590. The van der Waals surface area contributed by atoms with E-state index in [-0.39, 0.29) is 0 Å². The second-order valence-corrected chi connectivity index (χ2v) is 4.14. The van der Waals surface area contributed by atoms with Gasteiger partial charge in [0.1, 0.15) is 5.60 Å². The minimum Gasteiger partial charge on any atom is -0.379 e. The molecule has 2 unspecified atom stereocenters. The first kappa shape index (κ1) is 9.46. The number of rotatable bonds is 1.